The second-order valence-electron chi connectivity index (χ2n) is 4.90. The van der Waals surface area contributed by atoms with Crippen LogP contribution in [0.25, 0.3) is 0 Å². The number of benzene rings is 1. The number of carboxylic acid groups (broad SMARTS) is 1. The molecule has 1 heterocycles. The molecule has 1 aromatic carbocycles. The Labute approximate surface area is 124 Å². The highest BCUT2D eigenvalue weighted by atomic mass is 32.2. The molecular weight excluding hydrogens is 295 g/mol. The summed E-state index contributed by atoms with van der Waals surface area (Å²) in [6, 6.07) is 4.09. The molecule has 0 radical (unpaired) electrons. The Morgan fingerprint density at radius 2 is 2.14 bits per heavy atom. The second-order valence-corrected chi connectivity index (χ2v) is 5.91. The van der Waals surface area contributed by atoms with Crippen molar-refractivity contribution in [2.45, 2.75) is 41.8 Å². The van der Waals surface area contributed by atoms with Gasteiger partial charge in [-0.05, 0) is 53.2 Å². The standard InChI is InChI=1S/C13H13FN4O2S/c14-10-7-8(12(19)20)5-6-11(10)21-13-15-16-17-18(13)9-3-1-2-4-9/h5-7,9H,1-4H2,(H,19,20). The molecule has 8 heteroatoms. The van der Waals surface area contributed by atoms with Gasteiger partial charge in [0, 0.05) is 0 Å². The van der Waals surface area contributed by atoms with Crippen LogP contribution in [-0.2, 0) is 0 Å². The number of halogens is 1. The van der Waals surface area contributed by atoms with E-state index in [0.717, 1.165) is 43.5 Å². The molecule has 0 amide bonds. The summed E-state index contributed by atoms with van der Waals surface area (Å²) in [6.45, 7) is 0. The number of aromatic nitrogens is 4. The van der Waals surface area contributed by atoms with Gasteiger partial charge in [-0.2, -0.15) is 0 Å². The van der Waals surface area contributed by atoms with Gasteiger partial charge in [0.05, 0.1) is 16.5 Å². The van der Waals surface area contributed by atoms with E-state index in [4.69, 9.17) is 5.11 Å². The zero-order chi connectivity index (χ0) is 14.8. The Morgan fingerprint density at radius 3 is 2.81 bits per heavy atom. The fourth-order valence-electron chi connectivity index (χ4n) is 2.45. The Morgan fingerprint density at radius 1 is 1.38 bits per heavy atom. The van der Waals surface area contributed by atoms with Gasteiger partial charge in [-0.1, -0.05) is 12.8 Å². The summed E-state index contributed by atoms with van der Waals surface area (Å²) in [7, 11) is 0. The van der Waals surface area contributed by atoms with Crippen LogP contribution in [0.1, 0.15) is 42.1 Å². The molecule has 1 aromatic heterocycles. The van der Waals surface area contributed by atoms with Crippen LogP contribution < -0.4 is 0 Å². The minimum Gasteiger partial charge on any atom is -0.478 e. The summed E-state index contributed by atoms with van der Waals surface area (Å²) in [5, 5.41) is 21.0. The van der Waals surface area contributed by atoms with E-state index in [1.54, 1.807) is 4.68 Å². The monoisotopic (exact) mass is 308 g/mol. The van der Waals surface area contributed by atoms with Crippen LogP contribution in [0.15, 0.2) is 28.3 Å². The number of hydrogen-bond acceptors (Lipinski definition) is 5. The van der Waals surface area contributed by atoms with E-state index in [1.165, 1.54) is 12.1 Å². The molecule has 2 aromatic rings. The van der Waals surface area contributed by atoms with Gasteiger partial charge in [0.15, 0.2) is 0 Å². The van der Waals surface area contributed by atoms with Crippen LogP contribution in [-0.4, -0.2) is 31.3 Å². The molecule has 1 N–H and O–H groups in total. The maximum atomic E-state index is 13.9. The second kappa shape index (κ2) is 5.80. The lowest BCUT2D eigenvalue weighted by atomic mass is 10.2. The minimum absolute atomic E-state index is 0.0766. The van der Waals surface area contributed by atoms with Crippen LogP contribution in [0.4, 0.5) is 4.39 Å². The number of nitrogens with zero attached hydrogens (tertiary/aromatic N) is 4. The number of carbonyl (C=O) groups is 1. The number of rotatable bonds is 4. The first kappa shape index (κ1) is 14.0. The number of hydrogen-bond donors (Lipinski definition) is 1. The molecule has 0 bridgehead atoms. The van der Waals surface area contributed by atoms with E-state index in [2.05, 4.69) is 15.5 Å². The normalized spacial score (nSPS) is 15.5. The van der Waals surface area contributed by atoms with E-state index in [-0.39, 0.29) is 11.6 Å². The Kier molecular flexibility index (Phi) is 3.87. The largest absolute Gasteiger partial charge is 0.478 e. The lowest BCUT2D eigenvalue weighted by Gasteiger charge is -2.11. The Balaban J connectivity index is 1.84. The summed E-state index contributed by atoms with van der Waals surface area (Å²) in [5.74, 6) is -1.73. The molecule has 1 aliphatic carbocycles. The van der Waals surface area contributed by atoms with E-state index in [9.17, 15) is 9.18 Å². The van der Waals surface area contributed by atoms with Gasteiger partial charge in [0.1, 0.15) is 5.82 Å². The highest BCUT2D eigenvalue weighted by Gasteiger charge is 2.22. The van der Waals surface area contributed by atoms with Gasteiger partial charge >= 0.3 is 5.97 Å². The van der Waals surface area contributed by atoms with Gasteiger partial charge in [-0.15, -0.1) is 5.10 Å². The molecule has 21 heavy (non-hydrogen) atoms. The van der Waals surface area contributed by atoms with Crippen LogP contribution in [0.3, 0.4) is 0 Å². The van der Waals surface area contributed by atoms with Gasteiger partial charge in [0.2, 0.25) is 5.16 Å². The third-order valence-corrected chi connectivity index (χ3v) is 4.52. The summed E-state index contributed by atoms with van der Waals surface area (Å²) >= 11 is 1.11. The first-order valence-electron chi connectivity index (χ1n) is 6.63. The summed E-state index contributed by atoms with van der Waals surface area (Å²) in [6.07, 6.45) is 4.35. The number of aromatic carboxylic acids is 1. The van der Waals surface area contributed by atoms with E-state index < -0.39 is 11.8 Å². The van der Waals surface area contributed by atoms with Crippen LogP contribution in [0.5, 0.6) is 0 Å². The molecule has 0 unspecified atom stereocenters. The third kappa shape index (κ3) is 2.90. The number of carboxylic acids is 1. The molecule has 0 atom stereocenters. The fraction of sp³-hybridized carbons (Fsp3) is 0.385. The van der Waals surface area contributed by atoms with Crippen molar-refractivity contribution in [3.8, 4) is 0 Å². The van der Waals surface area contributed by atoms with Crippen molar-refractivity contribution < 1.29 is 14.3 Å². The SMILES string of the molecule is O=C(O)c1ccc(Sc2nnnn2C2CCCC2)c(F)c1. The summed E-state index contributed by atoms with van der Waals surface area (Å²) < 4.78 is 15.7. The zero-order valence-electron chi connectivity index (χ0n) is 11.1. The van der Waals surface area contributed by atoms with Crippen molar-refractivity contribution in [2.75, 3.05) is 0 Å². The predicted octanol–water partition coefficient (Wildman–Crippen LogP) is 2.78. The van der Waals surface area contributed by atoms with Crippen LogP contribution in [0, 0.1) is 5.82 Å². The molecule has 1 fully saturated rings. The lowest BCUT2D eigenvalue weighted by Crippen LogP contribution is -2.08. The van der Waals surface area contributed by atoms with Crippen molar-refractivity contribution in [3.05, 3.63) is 29.6 Å². The van der Waals surface area contributed by atoms with E-state index in [1.807, 2.05) is 0 Å². The van der Waals surface area contributed by atoms with Crippen LogP contribution >= 0.6 is 11.8 Å². The maximum Gasteiger partial charge on any atom is 0.335 e. The van der Waals surface area contributed by atoms with Gasteiger partial charge in [0.25, 0.3) is 0 Å². The first-order valence-corrected chi connectivity index (χ1v) is 7.45. The van der Waals surface area contributed by atoms with Crippen molar-refractivity contribution in [2.24, 2.45) is 0 Å². The minimum atomic E-state index is -1.15. The van der Waals surface area contributed by atoms with Crippen molar-refractivity contribution in [1.29, 1.82) is 0 Å². The van der Waals surface area contributed by atoms with Crippen molar-refractivity contribution in [3.63, 3.8) is 0 Å². The predicted molar refractivity (Wildman–Crippen MR) is 72.8 cm³/mol. The molecule has 0 aliphatic heterocycles. The Bertz CT molecular complexity index is 670. The quantitative estimate of drug-likeness (QED) is 0.935. The van der Waals surface area contributed by atoms with Gasteiger partial charge < -0.3 is 5.11 Å². The molecule has 3 rings (SSSR count). The Hall–Kier alpha value is -1.96. The highest BCUT2D eigenvalue weighted by Crippen LogP contribution is 2.34. The highest BCUT2D eigenvalue weighted by molar-refractivity contribution is 7.99. The first-order chi connectivity index (χ1) is 10.1. The topological polar surface area (TPSA) is 80.9 Å². The summed E-state index contributed by atoms with van der Waals surface area (Å²) in [5.41, 5.74) is -0.0766. The average molecular weight is 308 g/mol. The maximum absolute atomic E-state index is 13.9. The van der Waals surface area contributed by atoms with E-state index in [0.29, 0.717) is 10.1 Å². The fourth-order valence-corrected chi connectivity index (χ4v) is 3.29. The lowest BCUT2D eigenvalue weighted by molar-refractivity contribution is 0.0696. The molecular formula is C13H13FN4O2S. The molecule has 6 nitrogen and oxygen atoms in total. The number of tetrazole rings is 1. The van der Waals surface area contributed by atoms with Crippen LogP contribution in [0.2, 0.25) is 0 Å². The molecule has 1 aliphatic rings. The van der Waals surface area contributed by atoms with Crippen molar-refractivity contribution >= 4 is 17.7 Å². The van der Waals surface area contributed by atoms with E-state index >= 15 is 0 Å². The summed E-state index contributed by atoms with van der Waals surface area (Å²) in [4.78, 5) is 11.1. The van der Waals surface area contributed by atoms with Gasteiger partial charge in [-0.3, -0.25) is 0 Å². The molecule has 1 saturated carbocycles. The molecule has 110 valence electrons. The average Bonchev–Trinajstić information content (AvgIpc) is 3.11. The molecule has 0 saturated heterocycles. The van der Waals surface area contributed by atoms with Gasteiger partial charge in [-0.25, -0.2) is 13.9 Å². The molecule has 0 spiro atoms. The zero-order valence-corrected chi connectivity index (χ0v) is 11.9. The third-order valence-electron chi connectivity index (χ3n) is 3.51. The smallest absolute Gasteiger partial charge is 0.335 e. The van der Waals surface area contributed by atoms with Crippen molar-refractivity contribution in [1.82, 2.24) is 20.2 Å².